The second kappa shape index (κ2) is 4.35. The average molecular weight is 298 g/mol. The number of halogens is 2. The Morgan fingerprint density at radius 1 is 1.33 bits per heavy atom. The molecule has 0 N–H and O–H groups in total. The van der Waals surface area contributed by atoms with Gasteiger partial charge in [0.1, 0.15) is 16.9 Å². The van der Waals surface area contributed by atoms with Gasteiger partial charge in [0, 0.05) is 10.6 Å². The van der Waals surface area contributed by atoms with Crippen molar-refractivity contribution in [1.82, 2.24) is 14.6 Å². The Morgan fingerprint density at radius 3 is 2.89 bits per heavy atom. The Morgan fingerprint density at radius 2 is 2.17 bits per heavy atom. The number of carbonyl (C=O) groups excluding carboxylic acids is 1. The molecule has 2 aromatic heterocycles. The predicted octanol–water partition coefficient (Wildman–Crippen LogP) is 3.58. The molecule has 3 rings (SSSR count). The van der Waals surface area contributed by atoms with Gasteiger partial charge in [0.2, 0.25) is 4.96 Å². The lowest BCUT2D eigenvalue weighted by Crippen LogP contribution is -1.93. The highest BCUT2D eigenvalue weighted by Gasteiger charge is 2.17. The number of carbonyl (C=O) groups is 1. The van der Waals surface area contributed by atoms with E-state index in [9.17, 15) is 4.79 Å². The number of imidazole rings is 1. The SMILES string of the molecule is O=Cc1c(-c2ccc(Cl)cc2Cl)nc2scnn12. The summed E-state index contributed by atoms with van der Waals surface area (Å²) in [6.07, 6.45) is 0.722. The predicted molar refractivity (Wildman–Crippen MR) is 71.7 cm³/mol. The quantitative estimate of drug-likeness (QED) is 0.679. The van der Waals surface area contributed by atoms with Gasteiger partial charge in [-0.3, -0.25) is 4.79 Å². The number of hydrogen-bond acceptors (Lipinski definition) is 4. The minimum atomic E-state index is 0.385. The van der Waals surface area contributed by atoms with Crippen molar-refractivity contribution in [3.05, 3.63) is 39.4 Å². The van der Waals surface area contributed by atoms with Gasteiger partial charge in [0.25, 0.3) is 0 Å². The maximum atomic E-state index is 11.2. The van der Waals surface area contributed by atoms with Crippen molar-refractivity contribution in [1.29, 1.82) is 0 Å². The topological polar surface area (TPSA) is 47.3 Å². The first kappa shape index (κ1) is 11.6. The van der Waals surface area contributed by atoms with E-state index >= 15 is 0 Å². The molecule has 0 spiro atoms. The normalized spacial score (nSPS) is 11.0. The molecule has 0 atom stereocenters. The second-order valence-electron chi connectivity index (χ2n) is 3.52. The summed E-state index contributed by atoms with van der Waals surface area (Å²) in [6, 6.07) is 5.07. The largest absolute Gasteiger partial charge is 0.296 e. The minimum absolute atomic E-state index is 0.385. The number of rotatable bonds is 2. The first-order chi connectivity index (χ1) is 8.70. The fourth-order valence-electron chi connectivity index (χ4n) is 1.69. The van der Waals surface area contributed by atoms with Crippen LogP contribution in [0.2, 0.25) is 10.0 Å². The molecule has 4 nitrogen and oxygen atoms in total. The zero-order valence-corrected chi connectivity index (χ0v) is 11.1. The maximum absolute atomic E-state index is 11.2. The van der Waals surface area contributed by atoms with Crippen LogP contribution >= 0.6 is 34.5 Å². The molecular weight excluding hydrogens is 293 g/mol. The van der Waals surface area contributed by atoms with Crippen LogP contribution in [-0.4, -0.2) is 20.9 Å². The van der Waals surface area contributed by atoms with Crippen LogP contribution in [-0.2, 0) is 0 Å². The van der Waals surface area contributed by atoms with Crippen molar-refractivity contribution >= 4 is 45.8 Å². The third kappa shape index (κ3) is 1.71. The van der Waals surface area contributed by atoms with Crippen LogP contribution in [0.3, 0.4) is 0 Å². The van der Waals surface area contributed by atoms with Gasteiger partial charge in [-0.25, -0.2) is 4.98 Å². The third-order valence-electron chi connectivity index (χ3n) is 2.48. The van der Waals surface area contributed by atoms with Crippen LogP contribution < -0.4 is 0 Å². The van der Waals surface area contributed by atoms with E-state index in [1.54, 1.807) is 23.7 Å². The first-order valence-corrected chi connectivity index (χ1v) is 6.57. The summed E-state index contributed by atoms with van der Waals surface area (Å²) in [5.41, 5.74) is 3.20. The maximum Gasteiger partial charge on any atom is 0.213 e. The summed E-state index contributed by atoms with van der Waals surface area (Å²) < 4.78 is 1.50. The van der Waals surface area contributed by atoms with Crippen molar-refractivity contribution in [3.8, 4) is 11.3 Å². The van der Waals surface area contributed by atoms with E-state index in [-0.39, 0.29) is 0 Å². The molecule has 0 unspecified atom stereocenters. The van der Waals surface area contributed by atoms with Crippen molar-refractivity contribution in [3.63, 3.8) is 0 Å². The summed E-state index contributed by atoms with van der Waals surface area (Å²) in [5, 5.41) is 5.05. The molecule has 90 valence electrons. The molecule has 0 bridgehead atoms. The van der Waals surface area contributed by atoms with Crippen LogP contribution in [0.5, 0.6) is 0 Å². The summed E-state index contributed by atoms with van der Waals surface area (Å²) in [7, 11) is 0. The Hall–Kier alpha value is -1.43. The number of hydrogen-bond donors (Lipinski definition) is 0. The van der Waals surface area contributed by atoms with E-state index < -0.39 is 0 Å². The van der Waals surface area contributed by atoms with E-state index in [4.69, 9.17) is 23.2 Å². The third-order valence-corrected chi connectivity index (χ3v) is 3.70. The lowest BCUT2D eigenvalue weighted by atomic mass is 10.1. The van der Waals surface area contributed by atoms with Gasteiger partial charge < -0.3 is 0 Å². The molecule has 0 saturated carbocycles. The molecule has 18 heavy (non-hydrogen) atoms. The van der Waals surface area contributed by atoms with Crippen molar-refractivity contribution < 1.29 is 4.79 Å². The smallest absolute Gasteiger partial charge is 0.213 e. The Balaban J connectivity index is 2.30. The average Bonchev–Trinajstić information content (AvgIpc) is 2.88. The van der Waals surface area contributed by atoms with E-state index in [1.165, 1.54) is 15.9 Å². The fraction of sp³-hybridized carbons (Fsp3) is 0. The highest BCUT2D eigenvalue weighted by molar-refractivity contribution is 7.14. The molecule has 0 radical (unpaired) electrons. The van der Waals surface area contributed by atoms with Crippen molar-refractivity contribution in [2.45, 2.75) is 0 Å². The summed E-state index contributed by atoms with van der Waals surface area (Å²) >= 11 is 13.3. The van der Waals surface area contributed by atoms with Crippen LogP contribution in [0.1, 0.15) is 10.5 Å². The molecule has 0 amide bonds. The van der Waals surface area contributed by atoms with Gasteiger partial charge in [0.05, 0.1) is 5.02 Å². The van der Waals surface area contributed by atoms with Gasteiger partial charge in [0.15, 0.2) is 6.29 Å². The van der Waals surface area contributed by atoms with E-state index in [0.29, 0.717) is 32.0 Å². The zero-order valence-electron chi connectivity index (χ0n) is 8.80. The summed E-state index contributed by atoms with van der Waals surface area (Å²) in [6.45, 7) is 0. The molecule has 3 aromatic rings. The molecule has 1 aromatic carbocycles. The summed E-state index contributed by atoms with van der Waals surface area (Å²) in [4.78, 5) is 16.2. The van der Waals surface area contributed by atoms with Gasteiger partial charge >= 0.3 is 0 Å². The molecule has 0 aliphatic carbocycles. The Bertz CT molecular complexity index is 750. The molecular formula is C11H5Cl2N3OS. The molecule has 0 fully saturated rings. The highest BCUT2D eigenvalue weighted by Crippen LogP contribution is 2.32. The van der Waals surface area contributed by atoms with Gasteiger partial charge in [-0.15, -0.1) is 0 Å². The first-order valence-electron chi connectivity index (χ1n) is 4.93. The highest BCUT2D eigenvalue weighted by atomic mass is 35.5. The van der Waals surface area contributed by atoms with Crippen molar-refractivity contribution in [2.75, 3.05) is 0 Å². The standard InChI is InChI=1S/C11H5Cl2N3OS/c12-6-1-2-7(8(13)3-6)10-9(4-17)16-11(15-10)18-5-14-16/h1-5H. The lowest BCUT2D eigenvalue weighted by molar-refractivity contribution is 0.111. The van der Waals surface area contributed by atoms with E-state index in [1.807, 2.05) is 0 Å². The second-order valence-corrected chi connectivity index (χ2v) is 5.18. The monoisotopic (exact) mass is 297 g/mol. The van der Waals surface area contributed by atoms with Crippen LogP contribution in [0.15, 0.2) is 23.7 Å². The number of aromatic nitrogens is 3. The Kier molecular flexibility index (Phi) is 2.81. The van der Waals surface area contributed by atoms with E-state index in [2.05, 4.69) is 10.1 Å². The Labute approximate surface area is 116 Å². The molecule has 7 heteroatoms. The van der Waals surface area contributed by atoms with Gasteiger partial charge in [-0.1, -0.05) is 34.5 Å². The van der Waals surface area contributed by atoms with Crippen LogP contribution in [0, 0.1) is 0 Å². The lowest BCUT2D eigenvalue weighted by Gasteiger charge is -2.02. The number of fused-ring (bicyclic) bond motifs is 1. The van der Waals surface area contributed by atoms with Crippen molar-refractivity contribution in [2.24, 2.45) is 0 Å². The number of nitrogens with zero attached hydrogens (tertiary/aromatic N) is 3. The van der Waals surface area contributed by atoms with Gasteiger partial charge in [-0.2, -0.15) is 9.61 Å². The zero-order chi connectivity index (χ0) is 12.7. The molecule has 0 aliphatic heterocycles. The number of aldehydes is 1. The molecule has 0 saturated heterocycles. The van der Waals surface area contributed by atoms with Crippen LogP contribution in [0.4, 0.5) is 0 Å². The summed E-state index contributed by atoms with van der Waals surface area (Å²) in [5.74, 6) is 0. The molecule has 2 heterocycles. The van der Waals surface area contributed by atoms with Gasteiger partial charge in [-0.05, 0) is 18.2 Å². The molecule has 0 aliphatic rings. The van der Waals surface area contributed by atoms with Crippen LogP contribution in [0.25, 0.3) is 16.2 Å². The fourth-order valence-corrected chi connectivity index (χ4v) is 2.82. The van der Waals surface area contributed by atoms with E-state index in [0.717, 1.165) is 6.29 Å². The number of benzene rings is 1. The minimum Gasteiger partial charge on any atom is -0.296 e.